The fraction of sp³-hybridized carbons (Fsp3) is 0. The molecule has 7 heavy (non-hydrogen) atoms. The van der Waals surface area contributed by atoms with Gasteiger partial charge < -0.3 is 9.59 Å². The summed E-state index contributed by atoms with van der Waals surface area (Å²) in [5, 5.41) is 0. The first-order chi connectivity index (χ1) is 1.73. The van der Waals surface area contributed by atoms with Gasteiger partial charge in [-0.15, -0.1) is 0 Å². The van der Waals surface area contributed by atoms with E-state index in [0.717, 1.165) is 0 Å². The minimum atomic E-state index is -3.13. The molecule has 2 N–H and O–H groups in total. The Kier molecular flexibility index (Phi) is 52.7. The Morgan fingerprint density at radius 1 is 1.29 bits per heavy atom. The van der Waals surface area contributed by atoms with Gasteiger partial charge in [-0.05, 0) is 0 Å². The summed E-state index contributed by atoms with van der Waals surface area (Å²) in [6.45, 7) is 0. The van der Waals surface area contributed by atoms with E-state index in [2.05, 4.69) is 0 Å². The standard InChI is InChI=1S/Al.Li.Mg.H2O3Si.6H/c;;;1-4(2)3;;;;;;/h;;;1-2H;;;;;;. The van der Waals surface area contributed by atoms with E-state index < -0.39 is 9.17 Å². The molecule has 0 unspecified atom stereocenters. The zero-order valence-corrected chi connectivity index (χ0v) is 2.80. The van der Waals surface area contributed by atoms with Gasteiger partial charge in [0.05, 0.1) is 0 Å². The van der Waals surface area contributed by atoms with Crippen LogP contribution in [-0.4, -0.2) is 78.0 Å². The van der Waals surface area contributed by atoms with Crippen molar-refractivity contribution in [1.82, 2.24) is 0 Å². The molecule has 0 spiro atoms. The summed E-state index contributed by atoms with van der Waals surface area (Å²) < 4.78 is 8.74. The number of hydrogen-bond acceptors (Lipinski definition) is 1. The second kappa shape index (κ2) is 15.6. The van der Waals surface area contributed by atoms with Crippen LogP contribution in [0.4, 0.5) is 0 Å². The number of rotatable bonds is 0. The van der Waals surface area contributed by atoms with Crippen molar-refractivity contribution in [1.29, 1.82) is 0 Å². The first kappa shape index (κ1) is 23.6. The van der Waals surface area contributed by atoms with Crippen molar-refractivity contribution in [2.24, 2.45) is 0 Å². The van der Waals surface area contributed by atoms with Crippen LogP contribution < -0.4 is 0 Å². The van der Waals surface area contributed by atoms with Crippen molar-refractivity contribution in [3.8, 4) is 0 Å². The second-order valence-electron chi connectivity index (χ2n) is 0.283. The first-order valence-corrected chi connectivity index (χ1v) is 1.95. The quantitative estimate of drug-likeness (QED) is 0.336. The van der Waals surface area contributed by atoms with E-state index in [0.29, 0.717) is 0 Å². The van der Waals surface area contributed by atoms with E-state index >= 15 is 0 Å². The Morgan fingerprint density at radius 3 is 1.29 bits per heavy atom. The van der Waals surface area contributed by atoms with Crippen LogP contribution >= 0.6 is 0 Å². The van der Waals surface area contributed by atoms with Gasteiger partial charge in [0.1, 0.15) is 0 Å². The van der Waals surface area contributed by atoms with Crippen LogP contribution in [0.1, 0.15) is 0 Å². The molecule has 0 aliphatic rings. The van der Waals surface area contributed by atoms with Gasteiger partial charge in [-0.1, -0.05) is 0 Å². The Morgan fingerprint density at radius 2 is 1.29 bits per heavy atom. The van der Waals surface area contributed by atoms with E-state index in [9.17, 15) is 0 Å². The van der Waals surface area contributed by atoms with Crippen LogP contribution in [0.25, 0.3) is 0 Å². The molecular weight excluding hydrogens is 134 g/mol. The summed E-state index contributed by atoms with van der Waals surface area (Å²) in [5.74, 6) is 0. The molecule has 0 radical (unpaired) electrons. The van der Waals surface area contributed by atoms with Gasteiger partial charge in [0.25, 0.3) is 0 Å². The Labute approximate surface area is 81.9 Å². The van der Waals surface area contributed by atoms with Crippen molar-refractivity contribution < 1.29 is 14.1 Å². The van der Waals surface area contributed by atoms with Crippen LogP contribution in [0, 0.1) is 0 Å². The molecule has 0 bridgehead atoms. The van der Waals surface area contributed by atoms with Crippen LogP contribution in [0.15, 0.2) is 0 Å². The summed E-state index contributed by atoms with van der Waals surface area (Å²) in [6.07, 6.45) is 0. The average molecular weight is 142 g/mol. The molecule has 0 aromatic rings. The predicted octanol–water partition coefficient (Wildman–Crippen LogP) is -4.36. The van der Waals surface area contributed by atoms with Crippen LogP contribution in [-0.2, 0) is 4.46 Å². The fourth-order valence-electron chi connectivity index (χ4n) is 0. The van der Waals surface area contributed by atoms with E-state index in [1.165, 1.54) is 0 Å². The third kappa shape index (κ3) is 99.8. The SMILES string of the molecule is O=[Si](O)O.[AlH3].[LiH].[MgH2]. The zero-order chi connectivity index (χ0) is 3.58. The maximum Gasteiger partial charge on any atom is 0.316 e. The topological polar surface area (TPSA) is 57.5 Å². The summed E-state index contributed by atoms with van der Waals surface area (Å²) >= 11 is 0. The van der Waals surface area contributed by atoms with Crippen molar-refractivity contribution in [2.75, 3.05) is 0 Å². The van der Waals surface area contributed by atoms with Crippen LogP contribution in [0.2, 0.25) is 0 Å². The molecule has 0 atom stereocenters. The van der Waals surface area contributed by atoms with Crippen molar-refractivity contribution in [3.05, 3.63) is 0 Å². The minimum Gasteiger partial charge on any atom is 0.316 e. The van der Waals surface area contributed by atoms with E-state index in [4.69, 9.17) is 14.1 Å². The smallest absolute Gasteiger partial charge is 0.316 e. The fourth-order valence-corrected chi connectivity index (χ4v) is 0. The molecule has 0 fully saturated rings. The van der Waals surface area contributed by atoms with Gasteiger partial charge in [0, 0.05) is 0 Å². The van der Waals surface area contributed by atoms with Gasteiger partial charge >= 0.3 is 51.1 Å². The van der Waals surface area contributed by atoms with Gasteiger partial charge in [0.2, 0.25) is 0 Å². The van der Waals surface area contributed by atoms with E-state index in [1.54, 1.807) is 0 Å². The first-order valence-electron chi connectivity index (χ1n) is 0.651. The summed E-state index contributed by atoms with van der Waals surface area (Å²) in [5.41, 5.74) is 0. The molecule has 0 aromatic carbocycles. The molecule has 0 rings (SSSR count). The zero-order valence-electron chi connectivity index (χ0n) is 1.80. The van der Waals surface area contributed by atoms with E-state index in [1.807, 2.05) is 0 Å². The second-order valence-corrected chi connectivity index (χ2v) is 0.848. The predicted molar refractivity (Wildman–Crippen MR) is 36.5 cm³/mol. The largest absolute Gasteiger partial charge is 0.316 e. The molecule has 0 heterocycles. The van der Waals surface area contributed by atoms with Crippen LogP contribution in [0.5, 0.6) is 0 Å². The third-order valence-electron chi connectivity index (χ3n) is 0. The Hall–Kier alpha value is 1.51. The summed E-state index contributed by atoms with van der Waals surface area (Å²) in [7, 11) is -3.13. The normalized spacial score (nSPS) is 3.43. The molecule has 3 nitrogen and oxygen atoms in total. The van der Waals surface area contributed by atoms with Gasteiger partial charge in [-0.2, -0.15) is 0 Å². The van der Waals surface area contributed by atoms with Crippen molar-refractivity contribution >= 4 is 68.4 Å². The van der Waals surface area contributed by atoms with Crippen LogP contribution in [0.3, 0.4) is 0 Å². The molecule has 0 aliphatic carbocycles. The summed E-state index contributed by atoms with van der Waals surface area (Å²) in [6, 6.07) is 0. The minimum absolute atomic E-state index is 0. The van der Waals surface area contributed by atoms with Gasteiger partial charge in [-0.25, -0.2) is 0 Å². The maximum atomic E-state index is 8.74. The Bertz CT molecular complexity index is 37.9. The molecule has 0 aromatic heterocycles. The molecule has 0 saturated carbocycles. The Balaban J connectivity index is -0.0000000150. The van der Waals surface area contributed by atoms with Gasteiger partial charge in [0.15, 0.2) is 17.4 Å². The third-order valence-corrected chi connectivity index (χ3v) is 0. The van der Waals surface area contributed by atoms with Crippen molar-refractivity contribution in [2.45, 2.75) is 0 Å². The molecule has 0 saturated heterocycles. The molecule has 7 heteroatoms. The van der Waals surface area contributed by atoms with Crippen molar-refractivity contribution in [3.63, 3.8) is 0 Å². The molecule has 0 aliphatic heterocycles. The molecule has 36 valence electrons. The monoisotopic (exact) mass is 142 g/mol. The van der Waals surface area contributed by atoms with E-state index in [-0.39, 0.29) is 59.3 Å². The number of hydrogen-bond donors (Lipinski definition) is 2. The average Bonchev–Trinajstić information content (AvgIpc) is 0.811. The summed E-state index contributed by atoms with van der Waals surface area (Å²) in [4.78, 5) is 14.3. The van der Waals surface area contributed by atoms with Gasteiger partial charge in [-0.3, -0.25) is 4.46 Å². The molecule has 0 amide bonds. The molecular formula is H8AlLiMgO3Si. The maximum absolute atomic E-state index is 8.74.